The fraction of sp³-hybridized carbons (Fsp3) is 0.733. The summed E-state index contributed by atoms with van der Waals surface area (Å²) in [5.41, 5.74) is -0.527. The van der Waals surface area contributed by atoms with Gasteiger partial charge in [0.1, 0.15) is 5.02 Å². The van der Waals surface area contributed by atoms with Crippen LogP contribution in [0.25, 0.3) is 0 Å². The van der Waals surface area contributed by atoms with Crippen LogP contribution in [0.5, 0.6) is 0 Å². The van der Waals surface area contributed by atoms with E-state index in [0.717, 1.165) is 16.6 Å². The summed E-state index contributed by atoms with van der Waals surface area (Å²) in [6.45, 7) is 5.85. The van der Waals surface area contributed by atoms with Gasteiger partial charge in [-0.3, -0.25) is 4.79 Å². The highest BCUT2D eigenvalue weighted by atomic mass is 35.5. The zero-order valence-corrected chi connectivity index (χ0v) is 14.1. The van der Waals surface area contributed by atoms with Crippen LogP contribution in [0, 0.1) is 5.92 Å². The molecule has 0 amide bonds. The van der Waals surface area contributed by atoms with Crippen molar-refractivity contribution in [2.75, 3.05) is 5.75 Å². The second-order valence-corrected chi connectivity index (χ2v) is 7.97. The van der Waals surface area contributed by atoms with Crippen molar-refractivity contribution < 1.29 is 0 Å². The Balaban J connectivity index is 2.09. The Bertz CT molecular complexity index is 516. The van der Waals surface area contributed by atoms with Crippen LogP contribution in [-0.4, -0.2) is 15.5 Å². The molecule has 0 saturated heterocycles. The Morgan fingerprint density at radius 1 is 1.35 bits per heavy atom. The highest BCUT2D eigenvalue weighted by molar-refractivity contribution is 7.99. The minimum absolute atomic E-state index is 0.187. The lowest BCUT2D eigenvalue weighted by molar-refractivity contribution is 0.336. The molecule has 0 bridgehead atoms. The molecule has 1 aliphatic carbocycles. The molecule has 1 heterocycles. The van der Waals surface area contributed by atoms with Crippen LogP contribution < -0.4 is 5.56 Å². The van der Waals surface area contributed by atoms with E-state index in [4.69, 9.17) is 11.6 Å². The average molecular weight is 315 g/mol. The van der Waals surface area contributed by atoms with Gasteiger partial charge in [0.25, 0.3) is 5.56 Å². The SMILES string of the molecule is CC(C)(C)n1ncc(SCC2CCCCC2)c(Cl)c1=O. The highest BCUT2D eigenvalue weighted by Crippen LogP contribution is 2.31. The molecule has 0 spiro atoms. The first-order chi connectivity index (χ1) is 9.39. The molecule has 1 aromatic rings. The van der Waals surface area contributed by atoms with Crippen LogP contribution in [-0.2, 0) is 5.54 Å². The van der Waals surface area contributed by atoms with Gasteiger partial charge in [0.15, 0.2) is 0 Å². The van der Waals surface area contributed by atoms with E-state index in [-0.39, 0.29) is 11.1 Å². The number of nitrogens with zero attached hydrogens (tertiary/aromatic N) is 2. The topological polar surface area (TPSA) is 34.9 Å². The number of halogens is 1. The van der Waals surface area contributed by atoms with Crippen LogP contribution >= 0.6 is 23.4 Å². The molecule has 1 aliphatic rings. The number of aromatic nitrogens is 2. The average Bonchev–Trinajstić information content (AvgIpc) is 2.40. The van der Waals surface area contributed by atoms with Gasteiger partial charge in [-0.05, 0) is 39.5 Å². The molecule has 0 radical (unpaired) electrons. The van der Waals surface area contributed by atoms with Crippen molar-refractivity contribution in [3.63, 3.8) is 0 Å². The van der Waals surface area contributed by atoms with Gasteiger partial charge in [-0.1, -0.05) is 30.9 Å². The summed E-state index contributed by atoms with van der Waals surface area (Å²) in [4.78, 5) is 13.1. The molecule has 0 aromatic carbocycles. The first kappa shape index (κ1) is 15.9. The van der Waals surface area contributed by atoms with Gasteiger partial charge in [-0.15, -0.1) is 11.8 Å². The van der Waals surface area contributed by atoms with Crippen molar-refractivity contribution in [3.8, 4) is 0 Å². The lowest BCUT2D eigenvalue weighted by atomic mass is 9.91. The lowest BCUT2D eigenvalue weighted by Crippen LogP contribution is -2.36. The van der Waals surface area contributed by atoms with Crippen LogP contribution in [0.4, 0.5) is 0 Å². The van der Waals surface area contributed by atoms with E-state index in [0.29, 0.717) is 5.02 Å². The van der Waals surface area contributed by atoms with Gasteiger partial charge in [0, 0.05) is 5.75 Å². The van der Waals surface area contributed by atoms with E-state index in [9.17, 15) is 4.79 Å². The third kappa shape index (κ3) is 3.79. The molecule has 0 atom stereocenters. The van der Waals surface area contributed by atoms with Crippen molar-refractivity contribution in [1.82, 2.24) is 9.78 Å². The van der Waals surface area contributed by atoms with Gasteiger partial charge in [0.05, 0.1) is 16.6 Å². The molecular formula is C15H23ClN2OS. The Morgan fingerprint density at radius 2 is 2.00 bits per heavy atom. The summed E-state index contributed by atoms with van der Waals surface area (Å²) in [6.07, 6.45) is 8.38. The fourth-order valence-corrected chi connectivity index (χ4v) is 3.93. The molecular weight excluding hydrogens is 292 g/mol. The summed E-state index contributed by atoms with van der Waals surface area (Å²) in [6, 6.07) is 0. The summed E-state index contributed by atoms with van der Waals surface area (Å²) >= 11 is 7.91. The van der Waals surface area contributed by atoms with Gasteiger partial charge in [-0.25, -0.2) is 4.68 Å². The van der Waals surface area contributed by atoms with E-state index in [2.05, 4.69) is 5.10 Å². The predicted molar refractivity (Wildman–Crippen MR) is 85.8 cm³/mol. The van der Waals surface area contributed by atoms with Gasteiger partial charge >= 0.3 is 0 Å². The molecule has 0 N–H and O–H groups in total. The molecule has 1 saturated carbocycles. The van der Waals surface area contributed by atoms with Gasteiger partial charge in [0.2, 0.25) is 0 Å². The van der Waals surface area contributed by atoms with E-state index >= 15 is 0 Å². The molecule has 1 fully saturated rings. The van der Waals surface area contributed by atoms with Gasteiger partial charge < -0.3 is 0 Å². The fourth-order valence-electron chi connectivity index (χ4n) is 2.56. The second-order valence-electron chi connectivity index (χ2n) is 6.53. The van der Waals surface area contributed by atoms with Crippen molar-refractivity contribution in [3.05, 3.63) is 21.6 Å². The van der Waals surface area contributed by atoms with Crippen molar-refractivity contribution in [2.45, 2.75) is 63.3 Å². The zero-order valence-electron chi connectivity index (χ0n) is 12.5. The largest absolute Gasteiger partial charge is 0.287 e. The Morgan fingerprint density at radius 3 is 2.60 bits per heavy atom. The molecule has 3 nitrogen and oxygen atoms in total. The van der Waals surface area contributed by atoms with E-state index in [1.165, 1.54) is 36.8 Å². The van der Waals surface area contributed by atoms with E-state index in [1.54, 1.807) is 18.0 Å². The molecule has 5 heteroatoms. The molecule has 0 aliphatic heterocycles. The normalized spacial score (nSPS) is 17.4. The van der Waals surface area contributed by atoms with Crippen molar-refractivity contribution >= 4 is 23.4 Å². The lowest BCUT2D eigenvalue weighted by Gasteiger charge is -2.22. The van der Waals surface area contributed by atoms with E-state index < -0.39 is 0 Å². The maximum Gasteiger partial charge on any atom is 0.287 e. The monoisotopic (exact) mass is 314 g/mol. The third-order valence-corrected chi connectivity index (χ3v) is 5.46. The second kappa shape index (κ2) is 6.52. The quantitative estimate of drug-likeness (QED) is 0.779. The summed E-state index contributed by atoms with van der Waals surface area (Å²) in [5.74, 6) is 1.80. The van der Waals surface area contributed by atoms with Crippen LogP contribution in [0.2, 0.25) is 5.02 Å². The minimum Gasteiger partial charge on any atom is -0.266 e. The maximum absolute atomic E-state index is 12.2. The number of hydrogen-bond acceptors (Lipinski definition) is 3. The Kier molecular flexibility index (Phi) is 5.19. The summed E-state index contributed by atoms with van der Waals surface area (Å²) < 4.78 is 1.46. The van der Waals surface area contributed by atoms with Gasteiger partial charge in [-0.2, -0.15) is 5.10 Å². The smallest absolute Gasteiger partial charge is 0.266 e. The minimum atomic E-state index is -0.340. The Labute approximate surface area is 130 Å². The molecule has 2 rings (SSSR count). The summed E-state index contributed by atoms with van der Waals surface area (Å²) in [5, 5.41) is 4.59. The number of rotatable bonds is 3. The first-order valence-electron chi connectivity index (χ1n) is 7.30. The number of hydrogen-bond donors (Lipinski definition) is 0. The number of thioether (sulfide) groups is 1. The van der Waals surface area contributed by atoms with E-state index in [1.807, 2.05) is 20.8 Å². The van der Waals surface area contributed by atoms with Crippen LogP contribution in [0.15, 0.2) is 15.9 Å². The standard InChI is InChI=1S/C15H23ClN2OS/c1-15(2,3)18-14(19)13(16)12(9-17-18)20-10-11-7-5-4-6-8-11/h9,11H,4-8,10H2,1-3H3. The van der Waals surface area contributed by atoms with Crippen LogP contribution in [0.1, 0.15) is 52.9 Å². The van der Waals surface area contributed by atoms with Crippen molar-refractivity contribution in [1.29, 1.82) is 0 Å². The molecule has 20 heavy (non-hydrogen) atoms. The highest BCUT2D eigenvalue weighted by Gasteiger charge is 2.20. The molecule has 112 valence electrons. The zero-order chi connectivity index (χ0) is 14.8. The Hall–Kier alpha value is -0.480. The molecule has 0 unspecified atom stereocenters. The maximum atomic E-state index is 12.2. The van der Waals surface area contributed by atoms with Crippen LogP contribution in [0.3, 0.4) is 0 Å². The molecule has 1 aromatic heterocycles. The first-order valence-corrected chi connectivity index (χ1v) is 8.67. The third-order valence-electron chi connectivity index (χ3n) is 3.72. The summed E-state index contributed by atoms with van der Waals surface area (Å²) in [7, 11) is 0. The van der Waals surface area contributed by atoms with Crippen molar-refractivity contribution in [2.24, 2.45) is 5.92 Å². The predicted octanol–water partition coefficient (Wildman–Crippen LogP) is 4.32.